The van der Waals surface area contributed by atoms with Crippen LogP contribution in [0.1, 0.15) is 47.0 Å². The first-order valence-electron chi connectivity index (χ1n) is 8.43. The Labute approximate surface area is 164 Å². The van der Waals surface area contributed by atoms with E-state index in [2.05, 4.69) is 15.5 Å². The van der Waals surface area contributed by atoms with Crippen molar-refractivity contribution in [2.45, 2.75) is 37.6 Å². The van der Waals surface area contributed by atoms with Crippen LogP contribution in [0.4, 0.5) is 5.13 Å². The highest BCUT2D eigenvalue weighted by Gasteiger charge is 2.36. The highest BCUT2D eigenvalue weighted by Crippen LogP contribution is 2.42. The highest BCUT2D eigenvalue weighted by atomic mass is 35.5. The molecule has 1 aliphatic carbocycles. The van der Waals surface area contributed by atoms with Crippen LogP contribution in [0, 0.1) is 0 Å². The number of nitrogens with zero attached hydrogens (tertiary/aromatic N) is 3. The van der Waals surface area contributed by atoms with Gasteiger partial charge in [0.1, 0.15) is 11.0 Å². The van der Waals surface area contributed by atoms with Gasteiger partial charge in [-0.15, -0.1) is 10.2 Å². The van der Waals surface area contributed by atoms with Crippen LogP contribution < -0.4 is 5.32 Å². The second kappa shape index (κ2) is 7.13. The minimum absolute atomic E-state index is 0.243. The van der Waals surface area contributed by atoms with E-state index < -0.39 is 6.04 Å². The molecule has 1 saturated carbocycles. The van der Waals surface area contributed by atoms with Crippen molar-refractivity contribution in [2.24, 2.45) is 0 Å². The lowest BCUT2D eigenvalue weighted by molar-refractivity contribution is -0.119. The minimum atomic E-state index is -0.550. The zero-order chi connectivity index (χ0) is 18.3. The predicted molar refractivity (Wildman–Crippen MR) is 101 cm³/mol. The van der Waals surface area contributed by atoms with E-state index in [0.29, 0.717) is 39.6 Å². The fourth-order valence-corrected chi connectivity index (χ4v) is 4.35. The molecule has 26 heavy (non-hydrogen) atoms. The molecule has 2 fully saturated rings. The standard InChI is InChI=1S/C17H16Cl2N4O2S/c18-10-5-6-12(19)11(8-10)16(25)23-7-1-2-13(23)14(24)20-17-22-21-15(26-17)9-3-4-9/h5-6,8-9,13H,1-4,7H2,(H,20,22,24)/t13-/m1/s1. The van der Waals surface area contributed by atoms with Crippen LogP contribution in [0.2, 0.25) is 10.0 Å². The fraction of sp³-hybridized carbons (Fsp3) is 0.412. The van der Waals surface area contributed by atoms with E-state index in [1.165, 1.54) is 17.4 Å². The van der Waals surface area contributed by atoms with Gasteiger partial charge < -0.3 is 4.90 Å². The number of aromatic nitrogens is 2. The molecule has 4 rings (SSSR count). The molecule has 1 aromatic heterocycles. The van der Waals surface area contributed by atoms with Crippen LogP contribution >= 0.6 is 34.5 Å². The summed E-state index contributed by atoms with van der Waals surface area (Å²) < 4.78 is 0. The second-order valence-electron chi connectivity index (χ2n) is 6.49. The Bertz CT molecular complexity index is 868. The average Bonchev–Trinajstić information content (AvgIpc) is 3.17. The molecule has 9 heteroatoms. The van der Waals surface area contributed by atoms with E-state index >= 15 is 0 Å². The van der Waals surface area contributed by atoms with Gasteiger partial charge in [-0.3, -0.25) is 14.9 Å². The summed E-state index contributed by atoms with van der Waals surface area (Å²) in [5, 5.41) is 13.2. The zero-order valence-electron chi connectivity index (χ0n) is 13.7. The molecule has 0 spiro atoms. The maximum atomic E-state index is 12.9. The second-order valence-corrected chi connectivity index (χ2v) is 8.34. The number of anilines is 1. The first kappa shape index (κ1) is 17.7. The van der Waals surface area contributed by atoms with Crippen LogP contribution in [0.3, 0.4) is 0 Å². The zero-order valence-corrected chi connectivity index (χ0v) is 16.1. The first-order chi connectivity index (χ1) is 12.5. The van der Waals surface area contributed by atoms with Gasteiger partial charge in [0, 0.05) is 17.5 Å². The molecule has 2 heterocycles. The van der Waals surface area contributed by atoms with Gasteiger partial charge in [-0.2, -0.15) is 0 Å². The van der Waals surface area contributed by atoms with Gasteiger partial charge in [0.2, 0.25) is 11.0 Å². The van der Waals surface area contributed by atoms with Crippen molar-refractivity contribution in [3.8, 4) is 0 Å². The summed E-state index contributed by atoms with van der Waals surface area (Å²) in [5.74, 6) is -0.0359. The monoisotopic (exact) mass is 410 g/mol. The third-order valence-electron chi connectivity index (χ3n) is 4.57. The Hall–Kier alpha value is -1.70. The maximum absolute atomic E-state index is 12.9. The fourth-order valence-electron chi connectivity index (χ4n) is 3.07. The summed E-state index contributed by atoms with van der Waals surface area (Å²) >= 11 is 13.5. The molecule has 0 radical (unpaired) electrons. The topological polar surface area (TPSA) is 75.2 Å². The van der Waals surface area contributed by atoms with Gasteiger partial charge in [-0.1, -0.05) is 34.5 Å². The number of amides is 2. The van der Waals surface area contributed by atoms with E-state index in [-0.39, 0.29) is 11.8 Å². The van der Waals surface area contributed by atoms with Crippen LogP contribution in [0.15, 0.2) is 18.2 Å². The predicted octanol–water partition coefficient (Wildman–Crippen LogP) is 3.97. The van der Waals surface area contributed by atoms with Crippen LogP contribution in [0.25, 0.3) is 0 Å². The molecule has 0 bridgehead atoms. The molecular formula is C17H16Cl2N4O2S. The molecule has 1 aromatic carbocycles. The van der Waals surface area contributed by atoms with Crippen LogP contribution in [0.5, 0.6) is 0 Å². The quantitative estimate of drug-likeness (QED) is 0.826. The summed E-state index contributed by atoms with van der Waals surface area (Å²) in [6.45, 7) is 0.503. The Morgan fingerprint density at radius 2 is 2.00 bits per heavy atom. The molecule has 2 aromatic rings. The van der Waals surface area contributed by atoms with Crippen LogP contribution in [-0.4, -0.2) is 39.5 Å². The third kappa shape index (κ3) is 3.56. The first-order valence-corrected chi connectivity index (χ1v) is 10.0. The van der Waals surface area contributed by atoms with Crippen molar-refractivity contribution < 1.29 is 9.59 Å². The molecule has 6 nitrogen and oxygen atoms in total. The van der Waals surface area contributed by atoms with E-state index in [9.17, 15) is 9.59 Å². The van der Waals surface area contributed by atoms with Crippen molar-refractivity contribution in [1.82, 2.24) is 15.1 Å². The Morgan fingerprint density at radius 3 is 2.77 bits per heavy atom. The van der Waals surface area contributed by atoms with Gasteiger partial charge in [-0.25, -0.2) is 0 Å². The molecule has 0 unspecified atom stereocenters. The summed E-state index contributed by atoms with van der Waals surface area (Å²) in [6.07, 6.45) is 3.62. The van der Waals surface area contributed by atoms with Crippen LogP contribution in [-0.2, 0) is 4.79 Å². The largest absolute Gasteiger partial charge is 0.327 e. The molecule has 136 valence electrons. The highest BCUT2D eigenvalue weighted by molar-refractivity contribution is 7.15. The number of hydrogen-bond donors (Lipinski definition) is 1. The van der Waals surface area contributed by atoms with E-state index in [0.717, 1.165) is 24.3 Å². The molecule has 1 saturated heterocycles. The number of likely N-dealkylation sites (tertiary alicyclic amines) is 1. The van der Waals surface area contributed by atoms with Crippen molar-refractivity contribution in [3.63, 3.8) is 0 Å². The average molecular weight is 411 g/mol. The van der Waals surface area contributed by atoms with Crippen molar-refractivity contribution in [3.05, 3.63) is 38.8 Å². The van der Waals surface area contributed by atoms with Crippen molar-refractivity contribution >= 4 is 51.5 Å². The molecular weight excluding hydrogens is 395 g/mol. The molecule has 2 amide bonds. The summed E-state index contributed by atoms with van der Waals surface area (Å²) in [6, 6.07) is 4.20. The Balaban J connectivity index is 1.48. The summed E-state index contributed by atoms with van der Waals surface area (Å²) in [7, 11) is 0. The number of carbonyl (C=O) groups excluding carboxylic acids is 2. The van der Waals surface area contributed by atoms with Gasteiger partial charge in [0.25, 0.3) is 5.91 Å². The van der Waals surface area contributed by atoms with E-state index in [1.807, 2.05) is 0 Å². The number of carbonyl (C=O) groups is 2. The molecule has 2 aliphatic rings. The van der Waals surface area contributed by atoms with E-state index in [4.69, 9.17) is 23.2 Å². The van der Waals surface area contributed by atoms with Crippen molar-refractivity contribution in [1.29, 1.82) is 0 Å². The van der Waals surface area contributed by atoms with Gasteiger partial charge in [-0.05, 0) is 43.9 Å². The molecule has 1 N–H and O–H groups in total. The maximum Gasteiger partial charge on any atom is 0.256 e. The van der Waals surface area contributed by atoms with Gasteiger partial charge in [0.05, 0.1) is 10.6 Å². The van der Waals surface area contributed by atoms with Gasteiger partial charge >= 0.3 is 0 Å². The normalized spacial score (nSPS) is 19.6. The Kier molecular flexibility index (Phi) is 4.86. The summed E-state index contributed by atoms with van der Waals surface area (Å²) in [4.78, 5) is 27.1. The van der Waals surface area contributed by atoms with Crippen molar-refractivity contribution in [2.75, 3.05) is 11.9 Å². The molecule has 1 aliphatic heterocycles. The third-order valence-corrected chi connectivity index (χ3v) is 6.14. The lowest BCUT2D eigenvalue weighted by Crippen LogP contribution is -2.43. The smallest absolute Gasteiger partial charge is 0.256 e. The number of rotatable bonds is 4. The number of halogens is 2. The number of benzene rings is 1. The number of hydrogen-bond acceptors (Lipinski definition) is 5. The lowest BCUT2D eigenvalue weighted by atomic mass is 10.1. The van der Waals surface area contributed by atoms with E-state index in [1.54, 1.807) is 17.0 Å². The SMILES string of the molecule is O=C(Nc1nnc(C2CC2)s1)[C@H]1CCCN1C(=O)c1cc(Cl)ccc1Cl. The summed E-state index contributed by atoms with van der Waals surface area (Å²) in [5.41, 5.74) is 0.311. The van der Waals surface area contributed by atoms with Gasteiger partial charge in [0.15, 0.2) is 0 Å². The minimum Gasteiger partial charge on any atom is -0.327 e. The lowest BCUT2D eigenvalue weighted by Gasteiger charge is -2.24. The Morgan fingerprint density at radius 1 is 1.19 bits per heavy atom. The number of nitrogens with one attached hydrogen (secondary N) is 1. The molecule has 1 atom stereocenters.